The van der Waals surface area contributed by atoms with E-state index in [1.807, 2.05) is 0 Å². The number of nitrogens with zero attached hydrogens (tertiary/aromatic N) is 4. The van der Waals surface area contributed by atoms with Gasteiger partial charge in [0.05, 0.1) is 0 Å². The summed E-state index contributed by atoms with van der Waals surface area (Å²) in [6.07, 6.45) is 10.8. The van der Waals surface area contributed by atoms with Crippen molar-refractivity contribution in [2.24, 2.45) is 34.1 Å². The zero-order valence-electron chi connectivity index (χ0n) is 68.0. The molecule has 4 heterocycles. The Hall–Kier alpha value is -4.35. The second-order valence-electron chi connectivity index (χ2n) is 35.7. The van der Waals surface area contributed by atoms with Crippen LogP contribution in [0.3, 0.4) is 0 Å². The summed E-state index contributed by atoms with van der Waals surface area (Å²) < 4.78 is 15.9. The maximum atomic E-state index is 2.50. The molecule has 0 radical (unpaired) electrons. The van der Waals surface area contributed by atoms with E-state index in [2.05, 4.69) is 376 Å². The van der Waals surface area contributed by atoms with Crippen LogP contribution >= 0.6 is 0 Å². The summed E-state index contributed by atoms with van der Waals surface area (Å²) in [5.41, 5.74) is 28.2. The van der Waals surface area contributed by atoms with E-state index in [4.69, 9.17) is 0 Å². The normalized spacial score (nSPS) is 12.4. The van der Waals surface area contributed by atoms with Crippen LogP contribution in [0.15, 0.2) is 122 Å². The van der Waals surface area contributed by atoms with E-state index in [0.717, 1.165) is 6.42 Å². The van der Waals surface area contributed by atoms with E-state index in [1.165, 1.54) is 89.5 Å². The monoisotopic (exact) mass is 1540 g/mol. The van der Waals surface area contributed by atoms with E-state index >= 15 is 0 Å². The van der Waals surface area contributed by atoms with Crippen molar-refractivity contribution in [1.29, 1.82) is 0 Å². The Morgan fingerprint density at radius 2 is 0.604 bits per heavy atom. The fraction of sp³-hybridized carbons (Fsp3) is 0.500. The molecule has 4 aromatic carbocycles. The van der Waals surface area contributed by atoms with Gasteiger partial charge in [-0.1, -0.05) is 0 Å². The molecular formula is C88H136Ge4N4+4. The van der Waals surface area contributed by atoms with Crippen LogP contribution in [-0.4, -0.2) is 53.1 Å². The summed E-state index contributed by atoms with van der Waals surface area (Å²) in [4.78, 5) is 0. The first kappa shape index (κ1) is 82.3. The number of hydrogen-bond acceptors (Lipinski definition) is 0. The Morgan fingerprint density at radius 3 is 0.896 bits per heavy atom. The molecule has 0 bridgehead atoms. The van der Waals surface area contributed by atoms with Crippen LogP contribution in [0.25, 0.3) is 45.0 Å². The molecule has 520 valence electrons. The molecule has 0 saturated carbocycles. The standard InChI is InChI=1S/2C23H36GeN.C22H34GeN.C20H30GeN/c1-16(2)19-14-22(25(10)15-21(19)24(7,8)9)20-13-18(23(4,5)6)12-11-17(20)3;1-16(2)12-19-11-10-18(5)21(13-19)23-14-20(17(3)4)22(15-25(23)9)24(6,7)8;1-15(2)18-11-10-17(5)20(12-18)22-13-19(16(3)4)21(14-24(22)9)23(6,7)8;1-14(2)17-12-20(18-11-15(3)9-10-16(18)4)22(8)13-19(17)21(5,6)7/h11-16H,1-10H3;10-11,13-17H,12H2,1-9H3;10-16H,1-9H3;9-14H,1-8H3/q4*+1. The van der Waals surface area contributed by atoms with Crippen LogP contribution in [0.5, 0.6) is 0 Å². The van der Waals surface area contributed by atoms with Gasteiger partial charge in [-0.3, -0.25) is 0 Å². The Kier molecular flexibility index (Phi) is 28.3. The van der Waals surface area contributed by atoms with E-state index in [1.54, 1.807) is 39.8 Å². The Morgan fingerprint density at radius 1 is 0.323 bits per heavy atom. The fourth-order valence-electron chi connectivity index (χ4n) is 13.3. The Labute approximate surface area is 600 Å². The van der Waals surface area contributed by atoms with Crippen LogP contribution in [0.2, 0.25) is 69.1 Å². The second kappa shape index (κ2) is 33.0. The first-order valence-electron chi connectivity index (χ1n) is 36.5. The minimum atomic E-state index is -1.90. The van der Waals surface area contributed by atoms with Gasteiger partial charge in [0.25, 0.3) is 0 Å². The van der Waals surface area contributed by atoms with Gasteiger partial charge >= 0.3 is 606 Å². The molecule has 0 fully saturated rings. The molecule has 96 heavy (non-hydrogen) atoms. The quantitative estimate of drug-likeness (QED) is 0.0718. The molecular weight excluding hydrogens is 1400 g/mol. The van der Waals surface area contributed by atoms with E-state index in [9.17, 15) is 0 Å². The number of aryl methyl sites for hydroxylation is 9. The first-order valence-corrected chi connectivity index (χ1v) is 65.9. The van der Waals surface area contributed by atoms with Crippen molar-refractivity contribution in [3.8, 4) is 45.0 Å². The number of hydrogen-bond donors (Lipinski definition) is 0. The summed E-state index contributed by atoms with van der Waals surface area (Å²) in [6.45, 7) is 45.7. The molecule has 8 rings (SSSR count). The van der Waals surface area contributed by atoms with Gasteiger partial charge in [-0.05, 0) is 0 Å². The van der Waals surface area contributed by atoms with Crippen LogP contribution in [0.1, 0.15) is 200 Å². The predicted octanol–water partition coefficient (Wildman–Crippen LogP) is 20.5. The molecule has 0 aliphatic carbocycles. The number of benzene rings is 4. The van der Waals surface area contributed by atoms with Gasteiger partial charge in [0, 0.05) is 0 Å². The molecule has 4 aromatic heterocycles. The first-order chi connectivity index (χ1) is 43.9. The molecule has 0 aliphatic heterocycles. The third-order valence-corrected chi connectivity index (χ3v) is 36.5. The van der Waals surface area contributed by atoms with Gasteiger partial charge in [0.15, 0.2) is 0 Å². The van der Waals surface area contributed by atoms with E-state index in [-0.39, 0.29) is 5.41 Å². The molecule has 0 unspecified atom stereocenters. The van der Waals surface area contributed by atoms with E-state index < -0.39 is 53.1 Å². The van der Waals surface area contributed by atoms with Gasteiger partial charge in [0.2, 0.25) is 0 Å². The summed E-state index contributed by atoms with van der Waals surface area (Å²) in [5.74, 6) is 33.4. The third kappa shape index (κ3) is 21.4. The van der Waals surface area contributed by atoms with Crippen molar-refractivity contribution in [3.05, 3.63) is 189 Å². The van der Waals surface area contributed by atoms with Crippen molar-refractivity contribution in [1.82, 2.24) is 0 Å². The summed E-state index contributed by atoms with van der Waals surface area (Å²) in [5, 5.41) is 0. The Balaban J connectivity index is 0.000000232. The SMILES string of the molecule is Cc1ccc(C(C)(C)C)cc1-c1cc(C(C)C)[c]([Ge]([CH3])([CH3])[CH3])c[n+]1C.Cc1ccc(C(C)C)cc1-c1cc(C(C)C)[c]([Ge]([CH3])([CH3])[CH3])c[n+]1C.Cc1ccc(C)c(-c2cc(C(C)C)[c]([Ge]([CH3])([CH3])[CH3])c[n+]2C)c1.Cc1ccc(CC(C)C)cc1-c1cc(C(C)C)[c]([Ge]([CH3])([CH3])[CH3])c[n+]1C. The molecule has 8 heteroatoms. The molecule has 0 spiro atoms. The second-order valence-corrected chi connectivity index (χ2v) is 78.0. The summed E-state index contributed by atoms with van der Waals surface area (Å²) in [6, 6.07) is 37.5. The summed E-state index contributed by atoms with van der Waals surface area (Å²) >= 11 is -7.56. The van der Waals surface area contributed by atoms with Crippen LogP contribution in [0, 0.1) is 40.5 Å². The fourth-order valence-corrected chi connectivity index (χ4v) is 28.5. The molecule has 0 aliphatic rings. The van der Waals surface area contributed by atoms with Gasteiger partial charge in [-0.25, -0.2) is 0 Å². The van der Waals surface area contributed by atoms with Crippen LogP contribution in [0.4, 0.5) is 0 Å². The molecule has 0 atom stereocenters. The van der Waals surface area contributed by atoms with Gasteiger partial charge < -0.3 is 0 Å². The summed E-state index contributed by atoms with van der Waals surface area (Å²) in [7, 11) is 8.82. The average molecular weight is 1540 g/mol. The van der Waals surface area contributed by atoms with Crippen molar-refractivity contribution in [2.75, 3.05) is 0 Å². The molecule has 0 amide bonds. The number of aromatic nitrogens is 4. The molecule has 0 N–H and O–H groups in total. The third-order valence-electron chi connectivity index (χ3n) is 19.4. The average Bonchev–Trinajstić information content (AvgIpc) is 0.797. The number of rotatable bonds is 15. The van der Waals surface area contributed by atoms with Gasteiger partial charge in [-0.2, -0.15) is 0 Å². The molecule has 0 saturated heterocycles. The maximum absolute atomic E-state index is 2.50. The van der Waals surface area contributed by atoms with Crippen molar-refractivity contribution < 1.29 is 18.3 Å². The molecule has 4 nitrogen and oxygen atoms in total. The van der Waals surface area contributed by atoms with E-state index in [0.29, 0.717) is 35.5 Å². The van der Waals surface area contributed by atoms with Crippen molar-refractivity contribution >= 4 is 70.6 Å². The zero-order chi connectivity index (χ0) is 73.0. The molecule has 8 aromatic rings. The van der Waals surface area contributed by atoms with Crippen LogP contribution < -0.4 is 35.9 Å². The van der Waals surface area contributed by atoms with Crippen molar-refractivity contribution in [3.63, 3.8) is 0 Å². The number of pyridine rings is 4. The van der Waals surface area contributed by atoms with Gasteiger partial charge in [-0.15, -0.1) is 0 Å². The predicted molar refractivity (Wildman–Crippen MR) is 436 cm³/mol. The van der Waals surface area contributed by atoms with Gasteiger partial charge in [0.1, 0.15) is 0 Å². The topological polar surface area (TPSA) is 15.5 Å². The minimum absolute atomic E-state index is 0.169. The Bertz CT molecular complexity index is 3990. The zero-order valence-corrected chi connectivity index (χ0v) is 76.4. The van der Waals surface area contributed by atoms with Crippen molar-refractivity contribution in [2.45, 2.75) is 249 Å². The van der Waals surface area contributed by atoms with Crippen LogP contribution in [-0.2, 0) is 40.0 Å².